The zero-order valence-corrected chi connectivity index (χ0v) is 22.4. The van der Waals surface area contributed by atoms with Gasteiger partial charge in [-0.15, -0.1) is 13.2 Å². The quantitative estimate of drug-likeness (QED) is 0.358. The number of hydrogen-bond acceptors (Lipinski definition) is 9. The van der Waals surface area contributed by atoms with E-state index < -0.39 is 6.36 Å². The van der Waals surface area contributed by atoms with E-state index in [1.165, 1.54) is 24.4 Å². The van der Waals surface area contributed by atoms with Gasteiger partial charge in [0.2, 0.25) is 5.95 Å². The highest BCUT2D eigenvalue weighted by atomic mass is 19.4. The molecule has 0 bridgehead atoms. The molecule has 0 atom stereocenters. The third-order valence-corrected chi connectivity index (χ3v) is 7.55. The first-order valence-corrected chi connectivity index (χ1v) is 13.8. The number of likely N-dealkylation sites (tertiary alicyclic amines) is 1. The summed E-state index contributed by atoms with van der Waals surface area (Å²) in [5.41, 5.74) is 0.611. The summed E-state index contributed by atoms with van der Waals surface area (Å²) < 4.78 is 42.2. The van der Waals surface area contributed by atoms with Gasteiger partial charge in [0.1, 0.15) is 23.2 Å². The molecule has 12 heteroatoms. The number of alkyl halides is 3. The Morgan fingerprint density at radius 1 is 1.00 bits per heavy atom. The van der Waals surface area contributed by atoms with Crippen LogP contribution in [0.3, 0.4) is 0 Å². The first kappa shape index (κ1) is 29.4. The fourth-order valence-electron chi connectivity index (χ4n) is 5.37. The highest BCUT2D eigenvalue weighted by Gasteiger charge is 2.32. The van der Waals surface area contributed by atoms with E-state index in [1.54, 1.807) is 6.07 Å². The molecule has 214 valence electrons. The maximum atomic E-state index is 12.7. The monoisotopic (exact) mass is 556 g/mol. The number of rotatable bonds is 11. The summed E-state index contributed by atoms with van der Waals surface area (Å²) in [5, 5.41) is 28.4. The fraction of sp³-hybridized carbons (Fsp3) is 0.571. The molecule has 2 fully saturated rings. The Morgan fingerprint density at radius 2 is 1.73 bits per heavy atom. The van der Waals surface area contributed by atoms with Crippen LogP contribution in [-0.4, -0.2) is 59.5 Å². The van der Waals surface area contributed by atoms with E-state index in [-0.39, 0.29) is 18.2 Å². The number of para-hydroxylation sites is 1. The Kier molecular flexibility index (Phi) is 10.4. The standard InChI is InChI=1S/C28H35F3N8O/c29-28(30,31)40-25-5-2-1-4-21(25)18-35-27-36-19-22(16-33)26(38-27)34-17-20-6-8-23(9-7-20)37-24-10-14-39(15-11-24)13-3-12-32/h1-2,4-5,19-20,23-24,37H,3,6-11,13-15,17-18H2,(H2,34,35,36,38). The smallest absolute Gasteiger partial charge is 0.405 e. The molecule has 1 aliphatic carbocycles. The Bertz CT molecular complexity index is 1180. The van der Waals surface area contributed by atoms with Gasteiger partial charge in [-0.2, -0.15) is 15.5 Å². The Morgan fingerprint density at radius 3 is 2.42 bits per heavy atom. The van der Waals surface area contributed by atoms with Crippen LogP contribution >= 0.6 is 0 Å². The predicted octanol–water partition coefficient (Wildman–Crippen LogP) is 4.80. The van der Waals surface area contributed by atoms with E-state index in [4.69, 9.17) is 5.26 Å². The first-order chi connectivity index (χ1) is 19.3. The molecule has 2 heterocycles. The number of nitrogens with one attached hydrogen (secondary N) is 3. The number of piperidine rings is 1. The molecule has 9 nitrogen and oxygen atoms in total. The van der Waals surface area contributed by atoms with Gasteiger partial charge in [-0.3, -0.25) is 0 Å². The van der Waals surface area contributed by atoms with Crippen LogP contribution in [0.15, 0.2) is 30.5 Å². The van der Waals surface area contributed by atoms with Gasteiger partial charge >= 0.3 is 6.36 Å². The topological polar surface area (TPSA) is 122 Å². The van der Waals surface area contributed by atoms with Gasteiger partial charge < -0.3 is 25.6 Å². The molecule has 0 spiro atoms. The van der Waals surface area contributed by atoms with Gasteiger partial charge in [0.15, 0.2) is 0 Å². The molecule has 40 heavy (non-hydrogen) atoms. The average molecular weight is 557 g/mol. The Balaban J connectivity index is 1.23. The third kappa shape index (κ3) is 8.97. The molecule has 1 aromatic heterocycles. The molecule has 0 unspecified atom stereocenters. The zero-order chi connectivity index (χ0) is 28.4. The van der Waals surface area contributed by atoms with Crippen molar-refractivity contribution in [2.45, 2.75) is 69.9 Å². The molecule has 1 aliphatic heterocycles. The van der Waals surface area contributed by atoms with Crippen molar-refractivity contribution >= 4 is 11.8 Å². The highest BCUT2D eigenvalue weighted by molar-refractivity contribution is 5.53. The summed E-state index contributed by atoms with van der Waals surface area (Å²) in [6, 6.07) is 11.2. The number of nitriles is 2. The first-order valence-electron chi connectivity index (χ1n) is 13.8. The maximum absolute atomic E-state index is 12.7. The molecule has 0 radical (unpaired) electrons. The number of ether oxygens (including phenoxy) is 1. The zero-order valence-electron chi connectivity index (χ0n) is 22.4. The predicted molar refractivity (Wildman–Crippen MR) is 144 cm³/mol. The van der Waals surface area contributed by atoms with Crippen LogP contribution in [0.25, 0.3) is 0 Å². The van der Waals surface area contributed by atoms with Crippen LogP contribution in [0.5, 0.6) is 5.75 Å². The van der Waals surface area contributed by atoms with E-state index in [0.29, 0.717) is 47.9 Å². The van der Waals surface area contributed by atoms with Crippen molar-refractivity contribution in [2.24, 2.45) is 5.92 Å². The van der Waals surface area contributed by atoms with Crippen molar-refractivity contribution in [3.8, 4) is 17.9 Å². The van der Waals surface area contributed by atoms with Gasteiger partial charge in [-0.25, -0.2) is 4.98 Å². The van der Waals surface area contributed by atoms with Gasteiger partial charge in [-0.1, -0.05) is 18.2 Å². The second kappa shape index (κ2) is 14.1. The molecule has 1 saturated heterocycles. The van der Waals surface area contributed by atoms with Crippen LogP contribution in [0.1, 0.15) is 56.1 Å². The summed E-state index contributed by atoms with van der Waals surface area (Å²) in [7, 11) is 0. The lowest BCUT2D eigenvalue weighted by Crippen LogP contribution is -2.47. The summed E-state index contributed by atoms with van der Waals surface area (Å²) in [4.78, 5) is 10.9. The molecule has 0 amide bonds. The average Bonchev–Trinajstić information content (AvgIpc) is 2.95. The molecular formula is C28H35F3N8O. The number of hydrogen-bond donors (Lipinski definition) is 3. The van der Waals surface area contributed by atoms with Crippen molar-refractivity contribution < 1.29 is 17.9 Å². The second-order valence-electron chi connectivity index (χ2n) is 10.4. The minimum atomic E-state index is -4.79. The molecule has 3 N–H and O–H groups in total. The van der Waals surface area contributed by atoms with Gasteiger partial charge in [-0.05, 0) is 63.6 Å². The van der Waals surface area contributed by atoms with E-state index in [2.05, 4.69) is 47.7 Å². The summed E-state index contributed by atoms with van der Waals surface area (Å²) in [6.45, 7) is 3.65. The second-order valence-corrected chi connectivity index (χ2v) is 10.4. The Labute approximate surface area is 232 Å². The van der Waals surface area contributed by atoms with E-state index in [0.717, 1.165) is 58.2 Å². The minimum Gasteiger partial charge on any atom is -0.405 e. The number of aromatic nitrogens is 2. The van der Waals surface area contributed by atoms with Crippen molar-refractivity contribution in [2.75, 3.05) is 36.8 Å². The van der Waals surface area contributed by atoms with Crippen LogP contribution in [0, 0.1) is 28.6 Å². The van der Waals surface area contributed by atoms with Crippen molar-refractivity contribution in [1.29, 1.82) is 10.5 Å². The molecule has 2 aliphatic rings. The lowest BCUT2D eigenvalue weighted by Gasteiger charge is -2.36. The van der Waals surface area contributed by atoms with Crippen molar-refractivity contribution in [1.82, 2.24) is 20.2 Å². The van der Waals surface area contributed by atoms with Gasteiger partial charge in [0.05, 0.1) is 12.3 Å². The SMILES string of the molecule is N#CCCN1CCC(NC2CCC(CNc3nc(NCc4ccccc4OC(F)(F)F)ncc3C#N)CC2)CC1. The maximum Gasteiger partial charge on any atom is 0.573 e. The van der Waals surface area contributed by atoms with Crippen LogP contribution in [-0.2, 0) is 6.54 Å². The number of halogens is 3. The molecule has 2 aromatic rings. The number of benzene rings is 1. The van der Waals surface area contributed by atoms with Gasteiger partial charge in [0.25, 0.3) is 0 Å². The summed E-state index contributed by atoms with van der Waals surface area (Å²) in [5.74, 6) is 0.772. The molecular weight excluding hydrogens is 521 g/mol. The highest BCUT2D eigenvalue weighted by Crippen LogP contribution is 2.28. The molecule has 1 saturated carbocycles. The van der Waals surface area contributed by atoms with E-state index in [1.807, 2.05) is 0 Å². The fourth-order valence-corrected chi connectivity index (χ4v) is 5.37. The summed E-state index contributed by atoms with van der Waals surface area (Å²) in [6.07, 6.45) is 3.79. The van der Waals surface area contributed by atoms with Crippen molar-refractivity contribution in [3.05, 3.63) is 41.6 Å². The van der Waals surface area contributed by atoms with Crippen LogP contribution in [0.2, 0.25) is 0 Å². The number of anilines is 2. The van der Waals surface area contributed by atoms with Crippen LogP contribution in [0.4, 0.5) is 24.9 Å². The lowest BCUT2D eigenvalue weighted by atomic mass is 9.85. The van der Waals surface area contributed by atoms with Gasteiger partial charge in [0, 0.05) is 43.7 Å². The Hall–Kier alpha value is -3.61. The normalized spacial score (nSPS) is 20.3. The van der Waals surface area contributed by atoms with Crippen molar-refractivity contribution in [3.63, 3.8) is 0 Å². The summed E-state index contributed by atoms with van der Waals surface area (Å²) >= 11 is 0. The minimum absolute atomic E-state index is 0.0213. The third-order valence-electron chi connectivity index (χ3n) is 7.55. The lowest BCUT2D eigenvalue weighted by molar-refractivity contribution is -0.274. The number of nitrogens with zero attached hydrogens (tertiary/aromatic N) is 5. The van der Waals surface area contributed by atoms with E-state index in [9.17, 15) is 18.4 Å². The van der Waals surface area contributed by atoms with Crippen LogP contribution < -0.4 is 20.7 Å². The van der Waals surface area contributed by atoms with E-state index >= 15 is 0 Å². The molecule has 1 aromatic carbocycles. The molecule has 4 rings (SSSR count). The largest absolute Gasteiger partial charge is 0.573 e.